The number of benzene rings is 1. The van der Waals surface area contributed by atoms with Crippen molar-refractivity contribution < 1.29 is 14.3 Å². The third kappa shape index (κ3) is 2.41. The van der Waals surface area contributed by atoms with Crippen LogP contribution in [0.15, 0.2) is 29.8 Å². The number of hydrogen-bond acceptors (Lipinski definition) is 2. The second kappa shape index (κ2) is 4.38. The summed E-state index contributed by atoms with van der Waals surface area (Å²) in [6.07, 6.45) is 0. The van der Waals surface area contributed by atoms with Crippen molar-refractivity contribution in [3.8, 4) is 6.07 Å². The first-order valence-electron chi connectivity index (χ1n) is 4.16. The lowest BCUT2D eigenvalue weighted by molar-refractivity contribution is -0.132. The number of allylic oxidation sites excluding steroid dienone is 1. The van der Waals surface area contributed by atoms with E-state index in [1.807, 2.05) is 0 Å². The fourth-order valence-electron chi connectivity index (χ4n) is 1.14. The van der Waals surface area contributed by atoms with Crippen LogP contribution < -0.4 is 0 Å². The van der Waals surface area contributed by atoms with Crippen LogP contribution in [0, 0.1) is 17.1 Å². The molecule has 0 saturated heterocycles. The number of carboxylic acids is 1. The fourth-order valence-corrected chi connectivity index (χ4v) is 1.14. The summed E-state index contributed by atoms with van der Waals surface area (Å²) in [4.78, 5) is 10.7. The Labute approximate surface area is 86.1 Å². The van der Waals surface area contributed by atoms with E-state index in [1.54, 1.807) is 6.07 Å². The number of halogens is 1. The Bertz CT molecular complexity index is 454. The molecule has 0 amide bonds. The molecule has 0 atom stereocenters. The van der Waals surface area contributed by atoms with Crippen molar-refractivity contribution in [2.24, 2.45) is 0 Å². The van der Waals surface area contributed by atoms with Crippen molar-refractivity contribution in [3.05, 3.63) is 41.2 Å². The maximum atomic E-state index is 12.6. The lowest BCUT2D eigenvalue weighted by Gasteiger charge is -2.02. The van der Waals surface area contributed by atoms with E-state index in [-0.39, 0.29) is 5.57 Å². The predicted molar refractivity (Wildman–Crippen MR) is 52.2 cm³/mol. The maximum Gasteiger partial charge on any atom is 0.346 e. The number of nitrogens with zero attached hydrogens (tertiary/aromatic N) is 1. The van der Waals surface area contributed by atoms with E-state index in [0.29, 0.717) is 11.1 Å². The summed E-state index contributed by atoms with van der Waals surface area (Å²) >= 11 is 0. The molecule has 0 aromatic heterocycles. The van der Waals surface area contributed by atoms with Crippen molar-refractivity contribution in [2.45, 2.75) is 6.92 Å². The van der Waals surface area contributed by atoms with E-state index in [1.165, 1.54) is 31.2 Å². The Kier molecular flexibility index (Phi) is 3.19. The lowest BCUT2D eigenvalue weighted by Crippen LogP contribution is -2.00. The molecule has 76 valence electrons. The SMILES string of the molecule is C/C(=C(/C#N)C(=O)O)c1ccc(F)cc1. The molecule has 0 spiro atoms. The van der Waals surface area contributed by atoms with Crippen LogP contribution in [0.2, 0.25) is 0 Å². The molecular weight excluding hydrogens is 197 g/mol. The van der Waals surface area contributed by atoms with E-state index in [2.05, 4.69) is 0 Å². The first-order valence-corrected chi connectivity index (χ1v) is 4.16. The highest BCUT2D eigenvalue weighted by Gasteiger charge is 2.11. The molecule has 1 aromatic carbocycles. The minimum atomic E-state index is -1.28. The molecule has 0 aliphatic rings. The van der Waals surface area contributed by atoms with Gasteiger partial charge in [0.2, 0.25) is 0 Å². The van der Waals surface area contributed by atoms with Gasteiger partial charge in [-0.2, -0.15) is 5.26 Å². The smallest absolute Gasteiger partial charge is 0.346 e. The van der Waals surface area contributed by atoms with Gasteiger partial charge in [0.25, 0.3) is 0 Å². The van der Waals surface area contributed by atoms with Crippen molar-refractivity contribution in [1.29, 1.82) is 5.26 Å². The topological polar surface area (TPSA) is 61.1 Å². The summed E-state index contributed by atoms with van der Waals surface area (Å²) in [6.45, 7) is 1.51. The van der Waals surface area contributed by atoms with Gasteiger partial charge in [-0.15, -0.1) is 0 Å². The van der Waals surface area contributed by atoms with E-state index >= 15 is 0 Å². The Morgan fingerprint density at radius 1 is 1.40 bits per heavy atom. The molecule has 0 saturated carbocycles. The Balaban J connectivity index is 3.24. The highest BCUT2D eigenvalue weighted by molar-refractivity contribution is 6.00. The number of aliphatic carboxylic acids is 1. The molecule has 0 aliphatic heterocycles. The van der Waals surface area contributed by atoms with Crippen molar-refractivity contribution >= 4 is 11.5 Å². The third-order valence-corrected chi connectivity index (χ3v) is 1.98. The zero-order valence-corrected chi connectivity index (χ0v) is 7.99. The zero-order chi connectivity index (χ0) is 11.4. The third-order valence-electron chi connectivity index (χ3n) is 1.98. The second-order valence-corrected chi connectivity index (χ2v) is 2.92. The normalized spacial score (nSPS) is 11.5. The maximum absolute atomic E-state index is 12.6. The summed E-state index contributed by atoms with van der Waals surface area (Å²) in [7, 11) is 0. The fraction of sp³-hybridized carbons (Fsp3) is 0.0909. The van der Waals surface area contributed by atoms with Gasteiger partial charge in [-0.1, -0.05) is 12.1 Å². The van der Waals surface area contributed by atoms with Gasteiger partial charge in [-0.3, -0.25) is 0 Å². The molecular formula is C11H8FNO2. The van der Waals surface area contributed by atoms with Crippen LogP contribution in [0.1, 0.15) is 12.5 Å². The average molecular weight is 205 g/mol. The lowest BCUT2D eigenvalue weighted by atomic mass is 10.0. The summed E-state index contributed by atoms with van der Waals surface area (Å²) in [5.41, 5.74) is 0.516. The van der Waals surface area contributed by atoms with Crippen LogP contribution in [0.25, 0.3) is 5.57 Å². The number of rotatable bonds is 2. The molecule has 3 nitrogen and oxygen atoms in total. The molecule has 1 N–H and O–H groups in total. The second-order valence-electron chi connectivity index (χ2n) is 2.92. The van der Waals surface area contributed by atoms with Gasteiger partial charge in [0.15, 0.2) is 0 Å². The van der Waals surface area contributed by atoms with E-state index in [0.717, 1.165) is 0 Å². The average Bonchev–Trinajstić information content (AvgIpc) is 2.19. The minimum Gasteiger partial charge on any atom is -0.477 e. The first kappa shape index (κ1) is 10.9. The summed E-state index contributed by atoms with van der Waals surface area (Å²) in [6, 6.07) is 6.91. The van der Waals surface area contributed by atoms with Crippen LogP contribution in [0.5, 0.6) is 0 Å². The van der Waals surface area contributed by atoms with Gasteiger partial charge in [0.1, 0.15) is 17.5 Å². The van der Waals surface area contributed by atoms with Crippen LogP contribution in [-0.4, -0.2) is 11.1 Å². The van der Waals surface area contributed by atoms with Gasteiger partial charge in [-0.25, -0.2) is 9.18 Å². The molecule has 0 unspecified atom stereocenters. The van der Waals surface area contributed by atoms with Crippen molar-refractivity contribution in [1.82, 2.24) is 0 Å². The first-order chi connectivity index (χ1) is 7.06. The van der Waals surface area contributed by atoms with Gasteiger partial charge < -0.3 is 5.11 Å². The molecule has 1 aromatic rings. The molecule has 0 fully saturated rings. The number of carbonyl (C=O) groups is 1. The monoisotopic (exact) mass is 205 g/mol. The highest BCUT2D eigenvalue weighted by Crippen LogP contribution is 2.18. The van der Waals surface area contributed by atoms with Crippen LogP contribution in [0.3, 0.4) is 0 Å². The molecule has 0 heterocycles. The summed E-state index contributed by atoms with van der Waals surface area (Å²) in [5, 5.41) is 17.3. The molecule has 15 heavy (non-hydrogen) atoms. The molecule has 0 bridgehead atoms. The molecule has 0 aliphatic carbocycles. The van der Waals surface area contributed by atoms with Crippen molar-refractivity contribution in [3.63, 3.8) is 0 Å². The van der Waals surface area contributed by atoms with E-state index in [9.17, 15) is 9.18 Å². The Hall–Kier alpha value is -2.15. The van der Waals surface area contributed by atoms with Gasteiger partial charge in [0.05, 0.1) is 0 Å². The van der Waals surface area contributed by atoms with Crippen LogP contribution >= 0.6 is 0 Å². The minimum absolute atomic E-state index is 0.324. The molecule has 0 radical (unpaired) electrons. The van der Waals surface area contributed by atoms with Crippen LogP contribution in [0.4, 0.5) is 4.39 Å². The molecule has 1 rings (SSSR count). The number of nitriles is 1. The van der Waals surface area contributed by atoms with Gasteiger partial charge in [-0.05, 0) is 30.2 Å². The van der Waals surface area contributed by atoms with E-state index < -0.39 is 11.8 Å². The molecule has 4 heteroatoms. The summed E-state index contributed by atoms with van der Waals surface area (Å²) in [5.74, 6) is -1.68. The predicted octanol–water partition coefficient (Wildman–Crippen LogP) is 2.21. The Morgan fingerprint density at radius 2 is 1.93 bits per heavy atom. The largest absolute Gasteiger partial charge is 0.477 e. The van der Waals surface area contributed by atoms with E-state index in [4.69, 9.17) is 10.4 Å². The standard InChI is InChI=1S/C11H8FNO2/c1-7(10(6-13)11(14)15)8-2-4-9(12)5-3-8/h2-5H,1H3,(H,14,15)/b10-7+. The van der Waals surface area contributed by atoms with Gasteiger partial charge >= 0.3 is 5.97 Å². The Morgan fingerprint density at radius 3 is 2.33 bits per heavy atom. The van der Waals surface area contributed by atoms with Gasteiger partial charge in [0, 0.05) is 0 Å². The summed E-state index contributed by atoms with van der Waals surface area (Å²) < 4.78 is 12.6. The number of hydrogen-bond donors (Lipinski definition) is 1. The zero-order valence-electron chi connectivity index (χ0n) is 7.99. The number of carboxylic acid groups (broad SMARTS) is 1. The quantitative estimate of drug-likeness (QED) is 0.594. The van der Waals surface area contributed by atoms with Crippen LogP contribution in [-0.2, 0) is 4.79 Å². The van der Waals surface area contributed by atoms with Crippen molar-refractivity contribution in [2.75, 3.05) is 0 Å². The highest BCUT2D eigenvalue weighted by atomic mass is 19.1.